The SMILES string of the molecule is Cc1ccccc1CN1CCC2(CC1)Cc1ccccc1CNC2=O. The molecule has 1 fully saturated rings. The van der Waals surface area contributed by atoms with Gasteiger partial charge in [-0.3, -0.25) is 9.69 Å². The number of carbonyl (C=O) groups is 1. The van der Waals surface area contributed by atoms with Crippen molar-refractivity contribution in [2.24, 2.45) is 5.41 Å². The van der Waals surface area contributed by atoms with Crippen LogP contribution >= 0.6 is 0 Å². The maximum atomic E-state index is 12.8. The van der Waals surface area contributed by atoms with Crippen LogP contribution in [0.4, 0.5) is 0 Å². The van der Waals surface area contributed by atoms with Crippen LogP contribution in [0.5, 0.6) is 0 Å². The van der Waals surface area contributed by atoms with E-state index >= 15 is 0 Å². The van der Waals surface area contributed by atoms with Crippen LogP contribution in [0.25, 0.3) is 0 Å². The molecule has 2 aromatic rings. The van der Waals surface area contributed by atoms with Crippen molar-refractivity contribution in [2.45, 2.75) is 39.3 Å². The predicted octanol–water partition coefficient (Wildman–Crippen LogP) is 3.45. The molecular weight excluding hydrogens is 308 g/mol. The van der Waals surface area contributed by atoms with E-state index in [-0.39, 0.29) is 11.3 Å². The van der Waals surface area contributed by atoms with Gasteiger partial charge >= 0.3 is 0 Å². The van der Waals surface area contributed by atoms with Crippen LogP contribution in [0.15, 0.2) is 48.5 Å². The Hall–Kier alpha value is -2.13. The van der Waals surface area contributed by atoms with Crippen molar-refractivity contribution < 1.29 is 4.79 Å². The van der Waals surface area contributed by atoms with E-state index in [1.165, 1.54) is 22.3 Å². The van der Waals surface area contributed by atoms with Crippen molar-refractivity contribution in [3.63, 3.8) is 0 Å². The number of carbonyl (C=O) groups excluding carboxylic acids is 1. The third-order valence-electron chi connectivity index (χ3n) is 6.04. The average molecular weight is 334 g/mol. The fraction of sp³-hybridized carbons (Fsp3) is 0.409. The first-order valence-electron chi connectivity index (χ1n) is 9.28. The molecule has 2 heterocycles. The minimum absolute atomic E-state index is 0.227. The highest BCUT2D eigenvalue weighted by Gasteiger charge is 2.42. The number of rotatable bonds is 2. The topological polar surface area (TPSA) is 32.3 Å². The summed E-state index contributed by atoms with van der Waals surface area (Å²) in [6.45, 7) is 5.81. The minimum Gasteiger partial charge on any atom is -0.352 e. The largest absolute Gasteiger partial charge is 0.352 e. The molecule has 1 N–H and O–H groups in total. The van der Waals surface area contributed by atoms with Gasteiger partial charge in [-0.2, -0.15) is 0 Å². The molecule has 2 aromatic carbocycles. The van der Waals surface area contributed by atoms with Gasteiger partial charge in [-0.25, -0.2) is 0 Å². The van der Waals surface area contributed by atoms with E-state index in [2.05, 4.69) is 65.7 Å². The first-order valence-corrected chi connectivity index (χ1v) is 9.28. The second-order valence-corrected chi connectivity index (χ2v) is 7.61. The lowest BCUT2D eigenvalue weighted by Crippen LogP contribution is -2.48. The Morgan fingerprint density at radius 3 is 2.44 bits per heavy atom. The normalized spacial score (nSPS) is 20.0. The van der Waals surface area contributed by atoms with Gasteiger partial charge in [0.15, 0.2) is 0 Å². The number of aryl methyl sites for hydroxylation is 1. The number of nitrogens with zero attached hydrogens (tertiary/aromatic N) is 1. The van der Waals surface area contributed by atoms with Crippen molar-refractivity contribution in [3.05, 3.63) is 70.8 Å². The summed E-state index contributed by atoms with van der Waals surface area (Å²) in [6, 6.07) is 17.1. The van der Waals surface area contributed by atoms with Gasteiger partial charge in [0.1, 0.15) is 0 Å². The van der Waals surface area contributed by atoms with Crippen molar-refractivity contribution in [1.82, 2.24) is 10.2 Å². The third kappa shape index (κ3) is 3.21. The molecule has 0 bridgehead atoms. The Balaban J connectivity index is 1.48. The van der Waals surface area contributed by atoms with Crippen LogP contribution in [-0.2, 0) is 24.3 Å². The first kappa shape index (κ1) is 16.3. The fourth-order valence-corrected chi connectivity index (χ4v) is 4.28. The number of benzene rings is 2. The van der Waals surface area contributed by atoms with Crippen LogP contribution in [-0.4, -0.2) is 23.9 Å². The predicted molar refractivity (Wildman–Crippen MR) is 100 cm³/mol. The summed E-state index contributed by atoms with van der Waals surface area (Å²) in [5.41, 5.74) is 5.13. The Morgan fingerprint density at radius 2 is 1.68 bits per heavy atom. The zero-order valence-corrected chi connectivity index (χ0v) is 14.9. The summed E-state index contributed by atoms with van der Waals surface area (Å²) in [6.07, 6.45) is 2.77. The highest BCUT2D eigenvalue weighted by molar-refractivity contribution is 5.83. The number of hydrogen-bond acceptors (Lipinski definition) is 2. The Labute approximate surface area is 150 Å². The minimum atomic E-state index is -0.227. The van der Waals surface area contributed by atoms with Crippen LogP contribution < -0.4 is 5.32 Å². The van der Waals surface area contributed by atoms with E-state index in [9.17, 15) is 4.79 Å². The molecular formula is C22H26N2O. The number of piperidine rings is 1. The molecule has 1 amide bonds. The molecule has 1 spiro atoms. The standard InChI is InChI=1S/C22H26N2O/c1-17-6-2-3-9-20(17)16-24-12-10-22(11-13-24)14-18-7-4-5-8-19(18)15-23-21(22)25/h2-9H,10-16H2,1H3,(H,23,25). The summed E-state index contributed by atoms with van der Waals surface area (Å²) >= 11 is 0. The Morgan fingerprint density at radius 1 is 1.00 bits per heavy atom. The number of amides is 1. The fourth-order valence-electron chi connectivity index (χ4n) is 4.28. The molecule has 0 saturated carbocycles. The highest BCUT2D eigenvalue weighted by Crippen LogP contribution is 2.38. The number of hydrogen-bond donors (Lipinski definition) is 1. The van der Waals surface area contributed by atoms with E-state index in [0.717, 1.165) is 38.9 Å². The summed E-state index contributed by atoms with van der Waals surface area (Å²) in [5.74, 6) is 0.249. The molecule has 0 aromatic heterocycles. The maximum absolute atomic E-state index is 12.8. The molecule has 1 saturated heterocycles. The molecule has 0 radical (unpaired) electrons. The molecule has 2 aliphatic heterocycles. The van der Waals surface area contributed by atoms with Gasteiger partial charge in [0.05, 0.1) is 5.41 Å². The van der Waals surface area contributed by atoms with Crippen LogP contribution in [0.2, 0.25) is 0 Å². The molecule has 4 rings (SSSR count). The van der Waals surface area contributed by atoms with Crippen molar-refractivity contribution in [3.8, 4) is 0 Å². The van der Waals surface area contributed by atoms with Crippen LogP contribution in [0.1, 0.15) is 35.1 Å². The van der Waals surface area contributed by atoms with E-state index in [4.69, 9.17) is 0 Å². The molecule has 3 nitrogen and oxygen atoms in total. The Kier molecular flexibility index (Phi) is 4.34. The monoisotopic (exact) mass is 334 g/mol. The van der Waals surface area contributed by atoms with Gasteiger partial charge < -0.3 is 5.32 Å². The smallest absolute Gasteiger partial charge is 0.226 e. The first-order chi connectivity index (χ1) is 12.2. The summed E-state index contributed by atoms with van der Waals surface area (Å²) in [4.78, 5) is 15.3. The lowest BCUT2D eigenvalue weighted by atomic mass is 9.73. The molecule has 0 aliphatic carbocycles. The van der Waals surface area contributed by atoms with Gasteiger partial charge in [-0.05, 0) is 61.5 Å². The van der Waals surface area contributed by atoms with Crippen molar-refractivity contribution >= 4 is 5.91 Å². The molecule has 2 aliphatic rings. The lowest BCUT2D eigenvalue weighted by molar-refractivity contribution is -0.133. The molecule has 0 atom stereocenters. The molecule has 130 valence electrons. The van der Waals surface area contributed by atoms with Crippen molar-refractivity contribution in [2.75, 3.05) is 13.1 Å². The van der Waals surface area contributed by atoms with Gasteiger partial charge in [0.25, 0.3) is 0 Å². The highest BCUT2D eigenvalue weighted by atomic mass is 16.2. The van der Waals surface area contributed by atoms with E-state index in [0.29, 0.717) is 6.54 Å². The summed E-state index contributed by atoms with van der Waals surface area (Å²) in [7, 11) is 0. The number of fused-ring (bicyclic) bond motifs is 1. The zero-order valence-electron chi connectivity index (χ0n) is 14.9. The zero-order chi connectivity index (χ0) is 17.3. The number of likely N-dealkylation sites (tertiary alicyclic amines) is 1. The van der Waals surface area contributed by atoms with Crippen molar-refractivity contribution in [1.29, 1.82) is 0 Å². The number of nitrogens with one attached hydrogen (secondary N) is 1. The second kappa shape index (κ2) is 6.64. The van der Waals surface area contributed by atoms with E-state index < -0.39 is 0 Å². The molecule has 3 heteroatoms. The Bertz CT molecular complexity index is 775. The quantitative estimate of drug-likeness (QED) is 0.912. The molecule has 0 unspecified atom stereocenters. The van der Waals surface area contributed by atoms with Crippen LogP contribution in [0.3, 0.4) is 0 Å². The van der Waals surface area contributed by atoms with Crippen LogP contribution in [0, 0.1) is 12.3 Å². The summed E-state index contributed by atoms with van der Waals surface area (Å²) in [5, 5.41) is 3.18. The van der Waals surface area contributed by atoms with Gasteiger partial charge in [-0.1, -0.05) is 48.5 Å². The molecule has 25 heavy (non-hydrogen) atoms. The van der Waals surface area contributed by atoms with Gasteiger partial charge in [0, 0.05) is 13.1 Å². The van der Waals surface area contributed by atoms with Gasteiger partial charge in [-0.15, -0.1) is 0 Å². The average Bonchev–Trinajstić information content (AvgIpc) is 2.77. The summed E-state index contributed by atoms with van der Waals surface area (Å²) < 4.78 is 0. The van der Waals surface area contributed by atoms with E-state index in [1.54, 1.807) is 0 Å². The van der Waals surface area contributed by atoms with E-state index in [1.807, 2.05) is 0 Å². The van der Waals surface area contributed by atoms with Gasteiger partial charge in [0.2, 0.25) is 5.91 Å². The third-order valence-corrected chi connectivity index (χ3v) is 6.04. The lowest BCUT2D eigenvalue weighted by Gasteiger charge is -2.40. The second-order valence-electron chi connectivity index (χ2n) is 7.61. The maximum Gasteiger partial charge on any atom is 0.226 e.